The molecule has 1 aromatic heterocycles. The molecule has 2 aromatic rings. The molecule has 1 unspecified atom stereocenters. The molecule has 1 atom stereocenters. The molecule has 134 valence electrons. The molecule has 0 radical (unpaired) electrons. The van der Waals surface area contributed by atoms with E-state index in [1.54, 1.807) is 11.9 Å². The van der Waals surface area contributed by atoms with E-state index in [-0.39, 0.29) is 17.6 Å². The number of carbonyl (C=O) groups is 1. The molecule has 1 aromatic carbocycles. The number of benzene rings is 1. The Labute approximate surface area is 145 Å². The summed E-state index contributed by atoms with van der Waals surface area (Å²) < 4.78 is 26.4. The SMILES string of the molecule is CN(C(=O)c1ccnn1CC(F)F)C1CCCN(c2ccccc2)C1. The van der Waals surface area contributed by atoms with Crippen LogP contribution in [0.1, 0.15) is 23.3 Å². The van der Waals surface area contributed by atoms with Crippen LogP contribution in [-0.4, -0.2) is 53.2 Å². The molecule has 2 heterocycles. The van der Waals surface area contributed by atoms with Gasteiger partial charge in [-0.3, -0.25) is 9.48 Å². The van der Waals surface area contributed by atoms with Gasteiger partial charge in [-0.2, -0.15) is 5.10 Å². The summed E-state index contributed by atoms with van der Waals surface area (Å²) in [4.78, 5) is 16.7. The van der Waals surface area contributed by atoms with Crippen LogP contribution in [0.2, 0.25) is 0 Å². The number of piperidine rings is 1. The lowest BCUT2D eigenvalue weighted by Crippen LogP contribution is -2.49. The van der Waals surface area contributed by atoms with Crippen LogP contribution in [0.5, 0.6) is 0 Å². The Bertz CT molecular complexity index is 704. The van der Waals surface area contributed by atoms with Gasteiger partial charge in [-0.05, 0) is 31.0 Å². The van der Waals surface area contributed by atoms with Crippen LogP contribution in [0.25, 0.3) is 0 Å². The van der Waals surface area contributed by atoms with Gasteiger partial charge in [0.05, 0.1) is 0 Å². The van der Waals surface area contributed by atoms with Crippen LogP contribution in [-0.2, 0) is 6.54 Å². The summed E-state index contributed by atoms with van der Waals surface area (Å²) in [5, 5.41) is 3.85. The van der Waals surface area contributed by atoms with Gasteiger partial charge in [-0.25, -0.2) is 8.78 Å². The lowest BCUT2D eigenvalue weighted by atomic mass is 10.0. The fourth-order valence-corrected chi connectivity index (χ4v) is 3.28. The van der Waals surface area contributed by atoms with E-state index in [1.807, 2.05) is 18.2 Å². The Hall–Kier alpha value is -2.44. The number of hydrogen-bond acceptors (Lipinski definition) is 3. The second-order valence-corrected chi connectivity index (χ2v) is 6.28. The number of carbonyl (C=O) groups excluding carboxylic acids is 1. The zero-order valence-electron chi connectivity index (χ0n) is 14.2. The maximum Gasteiger partial charge on any atom is 0.272 e. The molecule has 25 heavy (non-hydrogen) atoms. The Morgan fingerprint density at radius 1 is 1.32 bits per heavy atom. The normalized spacial score (nSPS) is 17.8. The molecular formula is C18H22F2N4O. The number of halogens is 2. The molecule has 1 aliphatic rings. The molecular weight excluding hydrogens is 326 g/mol. The number of alkyl halides is 2. The van der Waals surface area contributed by atoms with Crippen molar-refractivity contribution in [2.75, 3.05) is 25.0 Å². The minimum atomic E-state index is -2.54. The van der Waals surface area contributed by atoms with E-state index in [1.165, 1.54) is 12.3 Å². The van der Waals surface area contributed by atoms with Crippen LogP contribution in [0.3, 0.4) is 0 Å². The number of aromatic nitrogens is 2. The standard InChI is InChI=1S/C18H22F2N4O/c1-22(18(25)16-9-10-21-24(16)13-17(19)20)15-8-5-11-23(12-15)14-6-3-2-4-7-14/h2-4,6-7,9-10,15,17H,5,8,11-13H2,1H3. The van der Waals surface area contributed by atoms with Gasteiger partial charge in [0, 0.05) is 38.1 Å². The van der Waals surface area contributed by atoms with Gasteiger partial charge in [0.2, 0.25) is 0 Å². The summed E-state index contributed by atoms with van der Waals surface area (Å²) in [5.74, 6) is -0.266. The lowest BCUT2D eigenvalue weighted by molar-refractivity contribution is 0.0692. The molecule has 0 saturated carbocycles. The van der Waals surface area contributed by atoms with E-state index in [4.69, 9.17) is 0 Å². The monoisotopic (exact) mass is 348 g/mol. The molecule has 1 aliphatic heterocycles. The third-order valence-electron chi connectivity index (χ3n) is 4.63. The Kier molecular flexibility index (Phi) is 5.31. The van der Waals surface area contributed by atoms with Crippen LogP contribution < -0.4 is 4.90 Å². The van der Waals surface area contributed by atoms with Crippen LogP contribution >= 0.6 is 0 Å². The predicted molar refractivity (Wildman–Crippen MR) is 92.0 cm³/mol. The maximum atomic E-state index is 12.8. The second-order valence-electron chi connectivity index (χ2n) is 6.28. The number of para-hydroxylation sites is 1. The summed E-state index contributed by atoms with van der Waals surface area (Å²) in [6.45, 7) is 1.11. The van der Waals surface area contributed by atoms with Crippen molar-refractivity contribution in [1.29, 1.82) is 0 Å². The molecule has 1 fully saturated rings. The summed E-state index contributed by atoms with van der Waals surface area (Å²) >= 11 is 0. The third kappa shape index (κ3) is 3.97. The van der Waals surface area contributed by atoms with E-state index in [2.05, 4.69) is 22.1 Å². The summed E-state index contributed by atoms with van der Waals surface area (Å²) in [6, 6.07) is 11.6. The predicted octanol–water partition coefficient (Wildman–Crippen LogP) is 2.89. The van der Waals surface area contributed by atoms with Crippen LogP contribution in [0, 0.1) is 0 Å². The topological polar surface area (TPSA) is 41.4 Å². The van der Waals surface area contributed by atoms with E-state index < -0.39 is 13.0 Å². The highest BCUT2D eigenvalue weighted by atomic mass is 19.3. The van der Waals surface area contributed by atoms with Gasteiger partial charge in [0.1, 0.15) is 12.2 Å². The molecule has 3 rings (SSSR count). The molecule has 0 spiro atoms. The Balaban J connectivity index is 1.71. The zero-order chi connectivity index (χ0) is 17.8. The highest BCUT2D eigenvalue weighted by Crippen LogP contribution is 2.22. The minimum absolute atomic E-state index is 0.0383. The highest BCUT2D eigenvalue weighted by molar-refractivity contribution is 5.92. The Morgan fingerprint density at radius 3 is 2.80 bits per heavy atom. The molecule has 7 heteroatoms. The van der Waals surface area contributed by atoms with Crippen LogP contribution in [0.15, 0.2) is 42.6 Å². The molecule has 0 aliphatic carbocycles. The number of anilines is 1. The van der Waals surface area contributed by atoms with Crippen molar-refractivity contribution in [2.45, 2.75) is 31.9 Å². The van der Waals surface area contributed by atoms with Gasteiger partial charge in [-0.15, -0.1) is 0 Å². The summed E-state index contributed by atoms with van der Waals surface area (Å²) in [5.41, 5.74) is 1.34. The van der Waals surface area contributed by atoms with Crippen molar-refractivity contribution < 1.29 is 13.6 Å². The first-order valence-electron chi connectivity index (χ1n) is 8.43. The van der Waals surface area contributed by atoms with E-state index in [9.17, 15) is 13.6 Å². The van der Waals surface area contributed by atoms with Crippen molar-refractivity contribution in [3.8, 4) is 0 Å². The number of rotatable bonds is 5. The fourth-order valence-electron chi connectivity index (χ4n) is 3.28. The first kappa shape index (κ1) is 17.4. The number of likely N-dealkylation sites (N-methyl/N-ethyl adjacent to an activating group) is 1. The lowest BCUT2D eigenvalue weighted by Gasteiger charge is -2.38. The third-order valence-corrected chi connectivity index (χ3v) is 4.63. The maximum absolute atomic E-state index is 12.8. The smallest absolute Gasteiger partial charge is 0.272 e. The molecule has 1 saturated heterocycles. The Morgan fingerprint density at radius 2 is 2.08 bits per heavy atom. The molecule has 0 N–H and O–H groups in total. The number of amides is 1. The van der Waals surface area contributed by atoms with Gasteiger partial charge >= 0.3 is 0 Å². The van der Waals surface area contributed by atoms with Crippen molar-refractivity contribution in [3.05, 3.63) is 48.3 Å². The quantitative estimate of drug-likeness (QED) is 0.834. The first-order chi connectivity index (χ1) is 12.1. The summed E-state index contributed by atoms with van der Waals surface area (Å²) in [6.07, 6.45) is 0.725. The summed E-state index contributed by atoms with van der Waals surface area (Å²) in [7, 11) is 1.74. The van der Waals surface area contributed by atoms with Gasteiger partial charge < -0.3 is 9.80 Å². The zero-order valence-corrected chi connectivity index (χ0v) is 14.2. The van der Waals surface area contributed by atoms with Crippen molar-refractivity contribution >= 4 is 11.6 Å². The van der Waals surface area contributed by atoms with E-state index in [0.29, 0.717) is 0 Å². The number of hydrogen-bond donors (Lipinski definition) is 0. The molecule has 0 bridgehead atoms. The fraction of sp³-hybridized carbons (Fsp3) is 0.444. The van der Waals surface area contributed by atoms with Gasteiger partial charge in [0.25, 0.3) is 12.3 Å². The van der Waals surface area contributed by atoms with E-state index >= 15 is 0 Å². The highest BCUT2D eigenvalue weighted by Gasteiger charge is 2.28. The van der Waals surface area contributed by atoms with Gasteiger partial charge in [-0.1, -0.05) is 18.2 Å². The van der Waals surface area contributed by atoms with Gasteiger partial charge in [0.15, 0.2) is 0 Å². The largest absolute Gasteiger partial charge is 0.369 e. The average Bonchev–Trinajstić information content (AvgIpc) is 3.08. The molecule has 1 amide bonds. The minimum Gasteiger partial charge on any atom is -0.369 e. The first-order valence-corrected chi connectivity index (χ1v) is 8.43. The van der Waals surface area contributed by atoms with Crippen molar-refractivity contribution in [2.24, 2.45) is 0 Å². The van der Waals surface area contributed by atoms with E-state index in [0.717, 1.165) is 36.3 Å². The van der Waals surface area contributed by atoms with Crippen molar-refractivity contribution in [3.63, 3.8) is 0 Å². The van der Waals surface area contributed by atoms with Crippen LogP contribution in [0.4, 0.5) is 14.5 Å². The second kappa shape index (κ2) is 7.63. The average molecular weight is 348 g/mol. The number of nitrogens with zero attached hydrogens (tertiary/aromatic N) is 4. The van der Waals surface area contributed by atoms with Crippen molar-refractivity contribution in [1.82, 2.24) is 14.7 Å². The molecule has 5 nitrogen and oxygen atoms in total.